The maximum Gasteiger partial charge on any atom is 0.416 e. The van der Waals surface area contributed by atoms with Crippen LogP contribution in [0, 0.1) is 11.8 Å². The lowest BCUT2D eigenvalue weighted by Gasteiger charge is -2.07. The Morgan fingerprint density at radius 1 is 1.29 bits per heavy atom. The van der Waals surface area contributed by atoms with Gasteiger partial charge in [-0.15, -0.1) is 0 Å². The molecule has 0 heterocycles. The molecule has 1 aromatic carbocycles. The largest absolute Gasteiger partial charge is 0.416 e. The molecule has 0 saturated heterocycles. The summed E-state index contributed by atoms with van der Waals surface area (Å²) in [6, 6.07) is 3.20. The van der Waals surface area contributed by atoms with Crippen LogP contribution in [0.1, 0.15) is 37.3 Å². The van der Waals surface area contributed by atoms with Gasteiger partial charge in [-0.3, -0.25) is 0 Å². The number of halogens is 3. The summed E-state index contributed by atoms with van der Waals surface area (Å²) in [6.45, 7) is 2.03. The average molecular weight is 241 g/mol. The third-order valence-corrected chi connectivity index (χ3v) is 2.26. The fourth-order valence-corrected chi connectivity index (χ4v) is 1.26. The van der Waals surface area contributed by atoms with Gasteiger partial charge in [0.1, 0.15) is 0 Å². The smallest absolute Gasteiger partial charge is 0.398 e. The third-order valence-electron chi connectivity index (χ3n) is 2.26. The average Bonchev–Trinajstić information content (AvgIpc) is 2.25. The van der Waals surface area contributed by atoms with Crippen molar-refractivity contribution in [3.8, 4) is 11.8 Å². The van der Waals surface area contributed by atoms with Gasteiger partial charge >= 0.3 is 6.18 Å². The first-order valence-electron chi connectivity index (χ1n) is 5.40. The molecule has 0 spiro atoms. The monoisotopic (exact) mass is 241 g/mol. The highest BCUT2D eigenvalue weighted by Gasteiger charge is 2.30. The van der Waals surface area contributed by atoms with E-state index in [0.717, 1.165) is 25.0 Å². The predicted octanol–water partition coefficient (Wildman–Crippen LogP) is 3.83. The minimum Gasteiger partial charge on any atom is -0.398 e. The minimum atomic E-state index is -4.35. The molecule has 92 valence electrons. The third kappa shape index (κ3) is 4.03. The first-order chi connectivity index (χ1) is 7.95. The van der Waals surface area contributed by atoms with Crippen molar-refractivity contribution in [2.75, 3.05) is 5.73 Å². The quantitative estimate of drug-likeness (QED) is 0.475. The highest BCUT2D eigenvalue weighted by molar-refractivity contribution is 5.57. The lowest BCUT2D eigenvalue weighted by atomic mass is 10.1. The molecule has 0 saturated carbocycles. The van der Waals surface area contributed by atoms with Gasteiger partial charge in [0.15, 0.2) is 0 Å². The van der Waals surface area contributed by atoms with Gasteiger partial charge in [0, 0.05) is 17.7 Å². The van der Waals surface area contributed by atoms with Gasteiger partial charge in [-0.1, -0.05) is 25.2 Å². The molecule has 0 atom stereocenters. The summed E-state index contributed by atoms with van der Waals surface area (Å²) in [5.74, 6) is 5.51. The van der Waals surface area contributed by atoms with Crippen LogP contribution in [0.5, 0.6) is 0 Å². The molecule has 0 aliphatic carbocycles. The molecule has 4 heteroatoms. The van der Waals surface area contributed by atoms with Crippen LogP contribution in [0.25, 0.3) is 0 Å². The Morgan fingerprint density at radius 3 is 2.59 bits per heavy atom. The Hall–Kier alpha value is -1.63. The van der Waals surface area contributed by atoms with Crippen molar-refractivity contribution in [2.24, 2.45) is 0 Å². The summed E-state index contributed by atoms with van der Waals surface area (Å²) >= 11 is 0. The molecule has 1 rings (SSSR count). The van der Waals surface area contributed by atoms with E-state index in [2.05, 4.69) is 11.8 Å². The van der Waals surface area contributed by atoms with Gasteiger partial charge in [-0.05, 0) is 24.6 Å². The van der Waals surface area contributed by atoms with Crippen molar-refractivity contribution in [2.45, 2.75) is 32.4 Å². The summed E-state index contributed by atoms with van der Waals surface area (Å²) < 4.78 is 37.4. The number of hydrogen-bond acceptors (Lipinski definition) is 1. The molecule has 0 fully saturated rings. The summed E-state index contributed by atoms with van der Waals surface area (Å²) in [4.78, 5) is 0. The van der Waals surface area contributed by atoms with Crippen LogP contribution < -0.4 is 5.73 Å². The van der Waals surface area contributed by atoms with Crippen molar-refractivity contribution < 1.29 is 13.2 Å². The molecule has 1 nitrogen and oxygen atoms in total. The van der Waals surface area contributed by atoms with E-state index in [9.17, 15) is 13.2 Å². The summed E-state index contributed by atoms with van der Waals surface area (Å²) in [6.07, 6.45) is -1.74. The van der Waals surface area contributed by atoms with E-state index in [1.165, 1.54) is 6.07 Å². The highest BCUT2D eigenvalue weighted by atomic mass is 19.4. The fraction of sp³-hybridized carbons (Fsp3) is 0.385. The number of unbranched alkanes of at least 4 members (excludes halogenated alkanes) is 2. The van der Waals surface area contributed by atoms with Crippen molar-refractivity contribution in [3.63, 3.8) is 0 Å². The van der Waals surface area contributed by atoms with Gasteiger partial charge < -0.3 is 5.73 Å². The first kappa shape index (κ1) is 13.4. The Labute approximate surface area is 98.8 Å². The number of benzene rings is 1. The topological polar surface area (TPSA) is 26.0 Å². The van der Waals surface area contributed by atoms with Crippen molar-refractivity contribution in [1.29, 1.82) is 0 Å². The van der Waals surface area contributed by atoms with Crippen molar-refractivity contribution in [1.82, 2.24) is 0 Å². The van der Waals surface area contributed by atoms with E-state index in [1.807, 2.05) is 6.92 Å². The molecule has 0 unspecified atom stereocenters. The zero-order valence-electron chi connectivity index (χ0n) is 9.56. The van der Waals surface area contributed by atoms with Crippen LogP contribution in [0.4, 0.5) is 18.9 Å². The first-order valence-corrected chi connectivity index (χ1v) is 5.40. The Kier molecular flexibility index (Phi) is 4.45. The summed E-state index contributed by atoms with van der Waals surface area (Å²) in [5.41, 5.74) is 5.39. The molecule has 0 aliphatic rings. The second-order valence-electron chi connectivity index (χ2n) is 3.71. The number of nitrogen functional groups attached to an aromatic ring is 1. The van der Waals surface area contributed by atoms with Crippen LogP contribution in [0.2, 0.25) is 0 Å². The van der Waals surface area contributed by atoms with E-state index in [4.69, 9.17) is 5.73 Å². The molecule has 0 amide bonds. The SMILES string of the molecule is CCCCC#Cc1cc(C(F)(F)F)ccc1N. The van der Waals surface area contributed by atoms with Gasteiger partial charge in [-0.2, -0.15) is 13.2 Å². The van der Waals surface area contributed by atoms with Crippen LogP contribution in [-0.4, -0.2) is 0 Å². The van der Waals surface area contributed by atoms with Gasteiger partial charge in [0.2, 0.25) is 0 Å². The molecule has 2 N–H and O–H groups in total. The van der Waals surface area contributed by atoms with E-state index < -0.39 is 11.7 Å². The molecule has 0 bridgehead atoms. The molecule has 0 aromatic heterocycles. The molecular formula is C13H14F3N. The van der Waals surface area contributed by atoms with Gasteiger partial charge in [0.25, 0.3) is 0 Å². The maximum atomic E-state index is 12.5. The highest BCUT2D eigenvalue weighted by Crippen LogP contribution is 2.30. The Bertz CT molecular complexity index is 438. The van der Waals surface area contributed by atoms with E-state index >= 15 is 0 Å². The van der Waals surface area contributed by atoms with E-state index in [1.54, 1.807) is 0 Å². The van der Waals surface area contributed by atoms with Crippen LogP contribution in [0.15, 0.2) is 18.2 Å². The minimum absolute atomic E-state index is 0.246. The zero-order valence-corrected chi connectivity index (χ0v) is 9.56. The lowest BCUT2D eigenvalue weighted by molar-refractivity contribution is -0.137. The second-order valence-corrected chi connectivity index (χ2v) is 3.71. The zero-order chi connectivity index (χ0) is 12.9. The molecule has 0 aliphatic heterocycles. The second kappa shape index (κ2) is 5.62. The molecule has 17 heavy (non-hydrogen) atoms. The maximum absolute atomic E-state index is 12.5. The summed E-state index contributed by atoms with van der Waals surface area (Å²) in [7, 11) is 0. The van der Waals surface area contributed by atoms with Crippen molar-refractivity contribution >= 4 is 5.69 Å². The normalized spacial score (nSPS) is 10.8. The van der Waals surface area contributed by atoms with Gasteiger partial charge in [0.05, 0.1) is 5.56 Å². The Balaban J connectivity index is 2.94. The van der Waals surface area contributed by atoms with Crippen LogP contribution in [0.3, 0.4) is 0 Å². The van der Waals surface area contributed by atoms with Crippen LogP contribution >= 0.6 is 0 Å². The molecule has 0 radical (unpaired) electrons. The number of alkyl halides is 3. The number of rotatable bonds is 2. The fourth-order valence-electron chi connectivity index (χ4n) is 1.26. The van der Waals surface area contributed by atoms with Crippen molar-refractivity contribution in [3.05, 3.63) is 29.3 Å². The lowest BCUT2D eigenvalue weighted by Crippen LogP contribution is -2.05. The number of anilines is 1. The summed E-state index contributed by atoms with van der Waals surface area (Å²) in [5, 5.41) is 0. The van der Waals surface area contributed by atoms with Gasteiger partial charge in [-0.25, -0.2) is 0 Å². The molecule has 1 aromatic rings. The van der Waals surface area contributed by atoms with Crippen LogP contribution in [-0.2, 0) is 6.18 Å². The standard InChI is InChI=1S/C13H14F3N/c1-2-3-4-5-6-10-9-11(13(14,15)16)7-8-12(10)17/h7-9H,2-4,17H2,1H3. The number of hydrogen-bond donors (Lipinski definition) is 1. The van der Waals surface area contributed by atoms with E-state index in [-0.39, 0.29) is 11.3 Å². The predicted molar refractivity (Wildman–Crippen MR) is 62.3 cm³/mol. The number of nitrogens with two attached hydrogens (primary N) is 1. The van der Waals surface area contributed by atoms with E-state index in [0.29, 0.717) is 6.42 Å². The Morgan fingerprint density at radius 2 is 2.00 bits per heavy atom. The molecular weight excluding hydrogens is 227 g/mol.